The Morgan fingerprint density at radius 1 is 0.727 bits per heavy atom. The molecular weight excluding hydrogens is 317 g/mol. The van der Waals surface area contributed by atoms with Crippen molar-refractivity contribution < 1.29 is 5.11 Å². The average Bonchev–Trinajstić information content (AvgIpc) is 2.56. The van der Waals surface area contributed by atoms with Gasteiger partial charge in [0, 0.05) is 28.0 Å². The van der Waals surface area contributed by atoms with Gasteiger partial charge in [0.15, 0.2) is 0 Å². The van der Waals surface area contributed by atoms with Crippen molar-refractivity contribution in [1.29, 1.82) is 0 Å². The third kappa shape index (κ3) is 2.73. The highest BCUT2D eigenvalue weighted by atomic mass is 35.5. The standard InChI is InChI=1S/C18H13Cl2NO/c19-16-7-3-13(4-8-16)18(22,15-2-1-11-21-12-15)14-5-9-17(20)10-6-14/h1-12,22H. The molecular formula is C18H13Cl2NO. The van der Waals surface area contributed by atoms with Crippen molar-refractivity contribution in [1.82, 2.24) is 4.98 Å². The molecule has 0 amide bonds. The quantitative estimate of drug-likeness (QED) is 0.757. The van der Waals surface area contributed by atoms with Gasteiger partial charge in [-0.3, -0.25) is 4.98 Å². The molecule has 0 fully saturated rings. The summed E-state index contributed by atoms with van der Waals surface area (Å²) in [5, 5.41) is 12.7. The van der Waals surface area contributed by atoms with Gasteiger partial charge >= 0.3 is 0 Å². The van der Waals surface area contributed by atoms with Crippen molar-refractivity contribution in [2.75, 3.05) is 0 Å². The number of benzene rings is 2. The van der Waals surface area contributed by atoms with E-state index in [0.29, 0.717) is 26.7 Å². The van der Waals surface area contributed by atoms with Gasteiger partial charge in [-0.25, -0.2) is 0 Å². The van der Waals surface area contributed by atoms with Crippen molar-refractivity contribution >= 4 is 23.2 Å². The Morgan fingerprint density at radius 2 is 1.23 bits per heavy atom. The first kappa shape index (κ1) is 15.0. The first-order chi connectivity index (χ1) is 10.6. The molecule has 2 aromatic carbocycles. The van der Waals surface area contributed by atoms with Crippen LogP contribution in [0.4, 0.5) is 0 Å². The van der Waals surface area contributed by atoms with Crippen LogP contribution in [0.25, 0.3) is 0 Å². The minimum absolute atomic E-state index is 0.619. The van der Waals surface area contributed by atoms with E-state index in [1.807, 2.05) is 30.3 Å². The van der Waals surface area contributed by atoms with E-state index in [4.69, 9.17) is 23.2 Å². The van der Waals surface area contributed by atoms with Crippen molar-refractivity contribution in [2.24, 2.45) is 0 Å². The fraction of sp³-hybridized carbons (Fsp3) is 0.0556. The molecule has 110 valence electrons. The van der Waals surface area contributed by atoms with E-state index in [-0.39, 0.29) is 0 Å². The summed E-state index contributed by atoms with van der Waals surface area (Å²) in [5.41, 5.74) is 0.794. The van der Waals surface area contributed by atoms with Gasteiger partial charge in [0.2, 0.25) is 0 Å². The maximum absolute atomic E-state index is 11.5. The number of aromatic nitrogens is 1. The van der Waals surface area contributed by atoms with Gasteiger partial charge in [-0.15, -0.1) is 0 Å². The lowest BCUT2D eigenvalue weighted by atomic mass is 9.81. The van der Waals surface area contributed by atoms with Crippen molar-refractivity contribution in [3.05, 3.63) is 99.8 Å². The van der Waals surface area contributed by atoms with E-state index >= 15 is 0 Å². The number of rotatable bonds is 3. The Kier molecular flexibility index (Phi) is 4.16. The zero-order chi connectivity index (χ0) is 15.6. The van der Waals surface area contributed by atoms with Crippen LogP contribution in [0.15, 0.2) is 73.1 Å². The molecule has 1 aromatic heterocycles. The van der Waals surface area contributed by atoms with Crippen LogP contribution in [-0.4, -0.2) is 10.1 Å². The monoisotopic (exact) mass is 329 g/mol. The molecule has 2 nitrogen and oxygen atoms in total. The number of pyridine rings is 1. The molecule has 0 bridgehead atoms. The maximum Gasteiger partial charge on any atom is 0.142 e. The van der Waals surface area contributed by atoms with Crippen LogP contribution in [0.3, 0.4) is 0 Å². The summed E-state index contributed by atoms with van der Waals surface area (Å²) < 4.78 is 0. The van der Waals surface area contributed by atoms with Gasteiger partial charge in [-0.05, 0) is 41.5 Å². The molecule has 0 aliphatic carbocycles. The summed E-state index contributed by atoms with van der Waals surface area (Å²) in [4.78, 5) is 4.12. The lowest BCUT2D eigenvalue weighted by molar-refractivity contribution is 0.125. The SMILES string of the molecule is OC(c1ccc(Cl)cc1)(c1ccc(Cl)cc1)c1cccnc1. The van der Waals surface area contributed by atoms with Gasteiger partial charge in [-0.1, -0.05) is 53.5 Å². The van der Waals surface area contributed by atoms with Crippen LogP contribution >= 0.6 is 23.2 Å². The van der Waals surface area contributed by atoms with E-state index in [2.05, 4.69) is 4.98 Å². The molecule has 0 radical (unpaired) electrons. The van der Waals surface area contributed by atoms with Gasteiger partial charge in [0.25, 0.3) is 0 Å². The lowest BCUT2D eigenvalue weighted by Gasteiger charge is -2.29. The minimum Gasteiger partial charge on any atom is -0.376 e. The van der Waals surface area contributed by atoms with Crippen LogP contribution in [0, 0.1) is 0 Å². The van der Waals surface area contributed by atoms with Crippen LogP contribution < -0.4 is 0 Å². The van der Waals surface area contributed by atoms with Gasteiger partial charge in [-0.2, -0.15) is 0 Å². The molecule has 4 heteroatoms. The van der Waals surface area contributed by atoms with Crippen LogP contribution in [0.2, 0.25) is 10.0 Å². The first-order valence-corrected chi connectivity index (χ1v) is 7.51. The zero-order valence-electron chi connectivity index (χ0n) is 11.6. The molecule has 0 aliphatic rings. The smallest absolute Gasteiger partial charge is 0.142 e. The molecule has 3 rings (SSSR count). The van der Waals surface area contributed by atoms with E-state index in [9.17, 15) is 5.11 Å². The Hall–Kier alpha value is -1.87. The Balaban J connectivity index is 2.22. The molecule has 1 N–H and O–H groups in total. The van der Waals surface area contributed by atoms with Crippen LogP contribution in [0.5, 0.6) is 0 Å². The predicted molar refractivity (Wildman–Crippen MR) is 89.2 cm³/mol. The average molecular weight is 330 g/mol. The number of hydrogen-bond acceptors (Lipinski definition) is 2. The summed E-state index contributed by atoms with van der Waals surface area (Å²) in [6, 6.07) is 17.9. The molecule has 0 aliphatic heterocycles. The lowest BCUT2D eigenvalue weighted by Crippen LogP contribution is -2.28. The van der Waals surface area contributed by atoms with E-state index in [1.165, 1.54) is 0 Å². The van der Waals surface area contributed by atoms with Crippen molar-refractivity contribution in [3.63, 3.8) is 0 Å². The molecule has 1 heterocycles. The fourth-order valence-electron chi connectivity index (χ4n) is 2.46. The number of nitrogens with zero attached hydrogens (tertiary/aromatic N) is 1. The van der Waals surface area contributed by atoms with E-state index in [1.54, 1.807) is 42.7 Å². The van der Waals surface area contributed by atoms with Crippen LogP contribution in [0.1, 0.15) is 16.7 Å². The van der Waals surface area contributed by atoms with Gasteiger partial charge < -0.3 is 5.11 Å². The van der Waals surface area contributed by atoms with E-state index < -0.39 is 5.60 Å². The number of aliphatic hydroxyl groups is 1. The predicted octanol–water partition coefficient (Wildman–Crippen LogP) is 4.67. The third-order valence-electron chi connectivity index (χ3n) is 3.60. The number of hydrogen-bond donors (Lipinski definition) is 1. The maximum atomic E-state index is 11.5. The van der Waals surface area contributed by atoms with Crippen LogP contribution in [-0.2, 0) is 5.60 Å². The normalized spacial score (nSPS) is 11.4. The molecule has 0 saturated carbocycles. The first-order valence-electron chi connectivity index (χ1n) is 6.75. The summed E-state index contributed by atoms with van der Waals surface area (Å²) in [6.07, 6.45) is 3.33. The number of halogens is 2. The molecule has 3 aromatic rings. The topological polar surface area (TPSA) is 33.1 Å². The highest BCUT2D eigenvalue weighted by molar-refractivity contribution is 6.30. The zero-order valence-corrected chi connectivity index (χ0v) is 13.1. The molecule has 22 heavy (non-hydrogen) atoms. The summed E-state index contributed by atoms with van der Waals surface area (Å²) in [6.45, 7) is 0. The van der Waals surface area contributed by atoms with Crippen molar-refractivity contribution in [2.45, 2.75) is 5.60 Å². The highest BCUT2D eigenvalue weighted by Gasteiger charge is 2.33. The molecule has 0 spiro atoms. The minimum atomic E-state index is -1.32. The summed E-state index contributed by atoms with van der Waals surface area (Å²) >= 11 is 11.9. The molecule has 0 saturated heterocycles. The van der Waals surface area contributed by atoms with Gasteiger partial charge in [0.1, 0.15) is 5.60 Å². The Bertz CT molecular complexity index is 710. The second-order valence-electron chi connectivity index (χ2n) is 4.97. The fourth-order valence-corrected chi connectivity index (χ4v) is 2.71. The second kappa shape index (κ2) is 6.09. The summed E-state index contributed by atoms with van der Waals surface area (Å²) in [5.74, 6) is 0. The highest BCUT2D eigenvalue weighted by Crippen LogP contribution is 2.37. The largest absolute Gasteiger partial charge is 0.376 e. The third-order valence-corrected chi connectivity index (χ3v) is 4.11. The molecule has 0 unspecified atom stereocenters. The van der Waals surface area contributed by atoms with E-state index in [0.717, 1.165) is 0 Å². The van der Waals surface area contributed by atoms with Gasteiger partial charge in [0.05, 0.1) is 0 Å². The summed E-state index contributed by atoms with van der Waals surface area (Å²) in [7, 11) is 0. The Labute approximate surface area is 139 Å². The Morgan fingerprint density at radius 3 is 1.64 bits per heavy atom. The van der Waals surface area contributed by atoms with Crippen molar-refractivity contribution in [3.8, 4) is 0 Å². The second-order valence-corrected chi connectivity index (χ2v) is 5.84. The molecule has 0 atom stereocenters.